The van der Waals surface area contributed by atoms with E-state index in [2.05, 4.69) is 44.3 Å². The van der Waals surface area contributed by atoms with Gasteiger partial charge in [0.25, 0.3) is 0 Å². The van der Waals surface area contributed by atoms with Gasteiger partial charge in [0.2, 0.25) is 0 Å². The minimum Gasteiger partial charge on any atom is -0.373 e. The first-order chi connectivity index (χ1) is 9.69. The summed E-state index contributed by atoms with van der Waals surface area (Å²) in [4.78, 5) is 2.00. The van der Waals surface area contributed by atoms with Crippen LogP contribution in [0.2, 0.25) is 0 Å². The molecule has 0 spiro atoms. The number of benzene rings is 1. The van der Waals surface area contributed by atoms with Crippen molar-refractivity contribution >= 4 is 15.5 Å². The van der Waals surface area contributed by atoms with Crippen molar-refractivity contribution in [3.8, 4) is 0 Å². The third kappa shape index (κ3) is 6.96. The maximum atomic E-state index is 11.2. The molecular weight excluding hydrogens is 284 g/mol. The average Bonchev–Trinajstić information content (AvgIpc) is 2.35. The molecule has 0 aliphatic rings. The van der Waals surface area contributed by atoms with E-state index in [4.69, 9.17) is 0 Å². The van der Waals surface area contributed by atoms with Crippen LogP contribution in [0.5, 0.6) is 0 Å². The van der Waals surface area contributed by atoms with Crippen LogP contribution < -0.4 is 10.2 Å². The van der Waals surface area contributed by atoms with Gasteiger partial charge >= 0.3 is 0 Å². The van der Waals surface area contributed by atoms with Gasteiger partial charge in [-0.25, -0.2) is 8.42 Å². The summed E-state index contributed by atoms with van der Waals surface area (Å²) in [6, 6.07) is 6.34. The topological polar surface area (TPSA) is 49.4 Å². The number of anilines is 1. The smallest absolute Gasteiger partial charge is 0.149 e. The Hall–Kier alpha value is -1.07. The third-order valence-electron chi connectivity index (χ3n) is 3.35. The Bertz CT molecular complexity index is 553. The van der Waals surface area contributed by atoms with Crippen molar-refractivity contribution in [2.24, 2.45) is 5.92 Å². The van der Waals surface area contributed by atoms with Crippen LogP contribution >= 0.6 is 0 Å². The molecule has 0 saturated heterocycles. The van der Waals surface area contributed by atoms with Crippen molar-refractivity contribution in [3.63, 3.8) is 0 Å². The Morgan fingerprint density at radius 2 is 1.95 bits per heavy atom. The van der Waals surface area contributed by atoms with E-state index < -0.39 is 9.84 Å². The zero-order valence-electron chi connectivity index (χ0n) is 13.8. The Morgan fingerprint density at radius 1 is 1.29 bits per heavy atom. The van der Waals surface area contributed by atoms with E-state index in [-0.39, 0.29) is 5.75 Å². The van der Waals surface area contributed by atoms with E-state index in [0.29, 0.717) is 12.5 Å². The Kier molecular flexibility index (Phi) is 6.68. The molecule has 1 N–H and O–H groups in total. The molecule has 0 aromatic heterocycles. The van der Waals surface area contributed by atoms with Crippen LogP contribution in [0.3, 0.4) is 0 Å². The predicted octanol–water partition coefficient (Wildman–Crippen LogP) is 2.22. The largest absolute Gasteiger partial charge is 0.373 e. The highest BCUT2D eigenvalue weighted by Gasteiger charge is 2.09. The third-order valence-corrected chi connectivity index (χ3v) is 4.28. The summed E-state index contributed by atoms with van der Waals surface area (Å²) < 4.78 is 22.5. The molecule has 0 aliphatic heterocycles. The Morgan fingerprint density at radius 3 is 2.48 bits per heavy atom. The monoisotopic (exact) mass is 312 g/mol. The highest BCUT2D eigenvalue weighted by atomic mass is 32.2. The van der Waals surface area contributed by atoms with Gasteiger partial charge in [-0.1, -0.05) is 26.0 Å². The molecule has 0 bridgehead atoms. The fourth-order valence-electron chi connectivity index (χ4n) is 2.18. The maximum absolute atomic E-state index is 11.2. The first kappa shape index (κ1) is 18.0. The second kappa shape index (κ2) is 7.80. The summed E-state index contributed by atoms with van der Waals surface area (Å²) in [5.41, 5.74) is 3.52. The molecule has 21 heavy (non-hydrogen) atoms. The summed E-state index contributed by atoms with van der Waals surface area (Å²) in [5, 5.41) is 3.43. The van der Waals surface area contributed by atoms with Crippen LogP contribution in [0.1, 0.15) is 25.0 Å². The van der Waals surface area contributed by atoms with Crippen molar-refractivity contribution in [2.45, 2.75) is 27.3 Å². The highest BCUT2D eigenvalue weighted by molar-refractivity contribution is 7.90. The number of aryl methyl sites for hydroxylation is 1. The molecule has 5 heteroatoms. The Balaban J connectivity index is 2.64. The lowest BCUT2D eigenvalue weighted by molar-refractivity contribution is 0.552. The molecule has 1 rings (SSSR count). The number of hydrogen-bond donors (Lipinski definition) is 1. The molecule has 0 amide bonds. The van der Waals surface area contributed by atoms with E-state index in [1.807, 2.05) is 11.9 Å². The summed E-state index contributed by atoms with van der Waals surface area (Å²) in [7, 11) is -0.985. The lowest BCUT2D eigenvalue weighted by atomic mass is 10.1. The molecule has 1 aromatic rings. The van der Waals surface area contributed by atoms with Crippen LogP contribution in [-0.2, 0) is 16.4 Å². The van der Waals surface area contributed by atoms with Gasteiger partial charge in [-0.2, -0.15) is 0 Å². The zero-order chi connectivity index (χ0) is 16.0. The number of hydrogen-bond acceptors (Lipinski definition) is 4. The van der Waals surface area contributed by atoms with Crippen molar-refractivity contribution in [1.82, 2.24) is 5.32 Å². The number of nitrogens with zero attached hydrogens (tertiary/aromatic N) is 1. The summed E-state index contributed by atoms with van der Waals surface area (Å²) in [6.45, 7) is 8.85. The maximum Gasteiger partial charge on any atom is 0.149 e. The standard InChI is InChI=1S/C16H28N2O2S/c1-13(2)11-17-12-15-6-7-16(14(3)10-15)18(4)8-9-21(5,19)20/h6-7,10,13,17H,8-9,11-12H2,1-5H3. The molecule has 0 unspecified atom stereocenters. The number of nitrogens with one attached hydrogen (secondary N) is 1. The molecule has 0 radical (unpaired) electrons. The van der Waals surface area contributed by atoms with Gasteiger partial charge in [0.1, 0.15) is 9.84 Å². The van der Waals surface area contributed by atoms with Crippen LogP contribution in [0.4, 0.5) is 5.69 Å². The minimum absolute atomic E-state index is 0.181. The first-order valence-electron chi connectivity index (χ1n) is 7.38. The van der Waals surface area contributed by atoms with Gasteiger partial charge in [-0.15, -0.1) is 0 Å². The van der Waals surface area contributed by atoms with Crippen LogP contribution in [0.25, 0.3) is 0 Å². The van der Waals surface area contributed by atoms with Crippen molar-refractivity contribution in [1.29, 1.82) is 0 Å². The summed E-state index contributed by atoms with van der Waals surface area (Å²) in [6.07, 6.45) is 1.27. The fourth-order valence-corrected chi connectivity index (χ4v) is 2.79. The quantitative estimate of drug-likeness (QED) is 0.800. The molecule has 0 aliphatic carbocycles. The van der Waals surface area contributed by atoms with E-state index >= 15 is 0 Å². The van der Waals surface area contributed by atoms with Crippen LogP contribution in [0.15, 0.2) is 18.2 Å². The van der Waals surface area contributed by atoms with Crippen molar-refractivity contribution in [3.05, 3.63) is 29.3 Å². The molecule has 0 heterocycles. The minimum atomic E-state index is -2.92. The van der Waals surface area contributed by atoms with Gasteiger partial charge in [0.15, 0.2) is 0 Å². The van der Waals surface area contributed by atoms with E-state index in [1.165, 1.54) is 17.4 Å². The molecule has 4 nitrogen and oxygen atoms in total. The van der Waals surface area contributed by atoms with Gasteiger partial charge in [0.05, 0.1) is 5.75 Å². The van der Waals surface area contributed by atoms with E-state index in [0.717, 1.165) is 18.8 Å². The molecule has 1 aromatic carbocycles. The normalized spacial score (nSPS) is 11.9. The summed E-state index contributed by atoms with van der Waals surface area (Å²) >= 11 is 0. The average molecular weight is 312 g/mol. The lowest BCUT2D eigenvalue weighted by Gasteiger charge is -2.21. The highest BCUT2D eigenvalue weighted by Crippen LogP contribution is 2.20. The van der Waals surface area contributed by atoms with Gasteiger partial charge in [-0.05, 0) is 36.6 Å². The fraction of sp³-hybridized carbons (Fsp3) is 0.625. The predicted molar refractivity (Wildman–Crippen MR) is 90.7 cm³/mol. The first-order valence-corrected chi connectivity index (χ1v) is 9.44. The molecule has 0 atom stereocenters. The molecular formula is C16H28N2O2S. The van der Waals surface area contributed by atoms with E-state index in [9.17, 15) is 8.42 Å². The summed E-state index contributed by atoms with van der Waals surface area (Å²) in [5.74, 6) is 0.827. The zero-order valence-corrected chi connectivity index (χ0v) is 14.6. The SMILES string of the molecule is Cc1cc(CNCC(C)C)ccc1N(C)CCS(C)(=O)=O. The van der Waals surface area contributed by atoms with Crippen molar-refractivity contribution in [2.75, 3.05) is 37.0 Å². The van der Waals surface area contributed by atoms with Gasteiger partial charge in [-0.3, -0.25) is 0 Å². The molecule has 0 saturated carbocycles. The second-order valence-electron chi connectivity index (χ2n) is 6.20. The van der Waals surface area contributed by atoms with E-state index in [1.54, 1.807) is 0 Å². The second-order valence-corrected chi connectivity index (χ2v) is 8.46. The van der Waals surface area contributed by atoms with Crippen LogP contribution in [-0.4, -0.2) is 40.6 Å². The molecule has 0 fully saturated rings. The number of sulfone groups is 1. The van der Waals surface area contributed by atoms with Gasteiger partial charge < -0.3 is 10.2 Å². The van der Waals surface area contributed by atoms with Crippen molar-refractivity contribution < 1.29 is 8.42 Å². The lowest BCUT2D eigenvalue weighted by Crippen LogP contribution is -2.25. The van der Waals surface area contributed by atoms with Crippen LogP contribution in [0, 0.1) is 12.8 Å². The van der Waals surface area contributed by atoms with Gasteiger partial charge in [0, 0.05) is 32.1 Å². The number of rotatable bonds is 8. The molecule has 120 valence electrons. The Labute approximate surface area is 129 Å².